The summed E-state index contributed by atoms with van der Waals surface area (Å²) < 4.78 is 9.06. The number of thiophene rings is 1. The van der Waals surface area contributed by atoms with Crippen molar-refractivity contribution in [1.29, 1.82) is 0 Å². The number of benzene rings is 15. The number of para-hydroxylation sites is 2. The zero-order valence-corrected chi connectivity index (χ0v) is 88.0. The summed E-state index contributed by atoms with van der Waals surface area (Å²) in [7, 11) is 0. The van der Waals surface area contributed by atoms with E-state index in [1.165, 1.54) is 289 Å². The van der Waals surface area contributed by atoms with Crippen molar-refractivity contribution in [3.05, 3.63) is 399 Å². The van der Waals surface area contributed by atoms with Crippen LogP contribution in [0.25, 0.3) is 151 Å². The predicted molar refractivity (Wildman–Crippen MR) is 573 cm³/mol. The van der Waals surface area contributed by atoms with Gasteiger partial charge in [-0.15, -0.1) is 11.3 Å². The van der Waals surface area contributed by atoms with E-state index >= 15 is 0 Å². The molecule has 684 valence electrons. The van der Waals surface area contributed by atoms with Crippen molar-refractivity contribution in [3.63, 3.8) is 0 Å². The molecule has 4 nitrogen and oxygen atoms in total. The van der Waals surface area contributed by atoms with Crippen molar-refractivity contribution < 1.29 is 63.8 Å². The van der Waals surface area contributed by atoms with Crippen LogP contribution in [0.5, 0.6) is 0 Å². The molecule has 0 bridgehead atoms. The molecule has 0 saturated heterocycles. The summed E-state index contributed by atoms with van der Waals surface area (Å²) in [6.45, 7) is 4.80. The number of pyridine rings is 3. The smallest absolute Gasteiger partial charge is 0.456 e. The maximum absolute atomic E-state index is 6.10. The number of hydrogen-bond acceptors (Lipinski definition) is 5. The maximum Gasteiger partial charge on any atom is 2.00 e. The number of rotatable bonds is 6. The van der Waals surface area contributed by atoms with Gasteiger partial charge >= 0.3 is 59.4 Å². The van der Waals surface area contributed by atoms with Gasteiger partial charge in [0.1, 0.15) is 11.2 Å². The van der Waals surface area contributed by atoms with E-state index in [1.54, 1.807) is 16.7 Å². The van der Waals surface area contributed by atoms with Crippen LogP contribution in [0.15, 0.2) is 314 Å². The van der Waals surface area contributed by atoms with E-state index in [0.717, 1.165) is 67.5 Å². The minimum atomic E-state index is 0. The third-order valence-corrected chi connectivity index (χ3v) is 31.4. The van der Waals surface area contributed by atoms with Gasteiger partial charge < -0.3 is 49.0 Å². The summed E-state index contributed by atoms with van der Waals surface area (Å²) in [5.41, 5.74) is 20.4. The van der Waals surface area contributed by atoms with Crippen molar-refractivity contribution in [3.8, 4) is 11.1 Å². The van der Waals surface area contributed by atoms with Gasteiger partial charge in [0.15, 0.2) is 0 Å². The van der Waals surface area contributed by atoms with E-state index < -0.39 is 0 Å². The molecule has 7 aliphatic rings. The van der Waals surface area contributed by atoms with Crippen LogP contribution in [-0.2, 0) is 64.8 Å². The molecule has 0 radical (unpaired) electrons. The Kier molecular flexibility index (Phi) is 34.0. The van der Waals surface area contributed by atoms with Gasteiger partial charge in [-0.05, 0) is 275 Å². The van der Waals surface area contributed by atoms with Crippen LogP contribution in [0.4, 0.5) is 0 Å². The molecule has 8 heteroatoms. The predicted octanol–water partition coefficient (Wildman–Crippen LogP) is 37.9. The van der Waals surface area contributed by atoms with E-state index in [4.69, 9.17) is 9.40 Å². The minimum absolute atomic E-state index is 0. The van der Waals surface area contributed by atoms with E-state index in [2.05, 4.69) is 303 Å². The van der Waals surface area contributed by atoms with Crippen LogP contribution in [-0.4, -0.2) is 15.0 Å². The van der Waals surface area contributed by atoms with Crippen LogP contribution >= 0.6 is 11.3 Å². The van der Waals surface area contributed by atoms with Crippen molar-refractivity contribution in [1.82, 2.24) is 15.0 Å². The second-order valence-electron chi connectivity index (χ2n) is 37.7. The molecule has 134 heavy (non-hydrogen) atoms. The zero-order chi connectivity index (χ0) is 83.3. The van der Waals surface area contributed by atoms with E-state index in [-0.39, 0.29) is 109 Å². The normalized spacial score (nSPS) is 15.7. The summed E-state index contributed by atoms with van der Waals surface area (Å²) in [6.07, 6.45) is 38.5. The van der Waals surface area contributed by atoms with Crippen molar-refractivity contribution >= 4 is 151 Å². The van der Waals surface area contributed by atoms with Gasteiger partial charge in [0.05, 0.1) is 16.6 Å². The second kappa shape index (κ2) is 44.9. The third kappa shape index (κ3) is 19.3. The molecule has 6 fully saturated rings. The van der Waals surface area contributed by atoms with E-state index in [1.807, 2.05) is 41.9 Å². The number of nitrogens with zero attached hydrogens (tertiary/aromatic N) is 3. The van der Waals surface area contributed by atoms with Gasteiger partial charge in [0.2, 0.25) is 0 Å². The summed E-state index contributed by atoms with van der Waals surface area (Å²) in [6, 6.07) is 107. The van der Waals surface area contributed by atoms with Gasteiger partial charge in [-0.3, -0.25) is 15.0 Å². The molecule has 27 rings (SSSR count). The summed E-state index contributed by atoms with van der Waals surface area (Å²) in [5.74, 6) is 4.50. The molecule has 6 saturated carbocycles. The molecular formula is C126H129N3OOs3S. The fourth-order valence-electron chi connectivity index (χ4n) is 24.0. The molecule has 5 heterocycles. The molecule has 0 aliphatic heterocycles. The summed E-state index contributed by atoms with van der Waals surface area (Å²) in [4.78, 5) is 14.1. The Morgan fingerprint density at radius 1 is 0.261 bits per heavy atom. The number of aromatic nitrogens is 3. The third-order valence-electron chi connectivity index (χ3n) is 30.2. The van der Waals surface area contributed by atoms with Gasteiger partial charge in [-0.2, -0.15) is 0 Å². The molecular weight excluding hydrogens is 2170 g/mol. The molecule has 5 aromatic heterocycles. The largest absolute Gasteiger partial charge is 2.00 e. The first-order valence-electron chi connectivity index (χ1n) is 47.4. The van der Waals surface area contributed by atoms with Crippen LogP contribution in [0, 0.1) is 44.6 Å². The van der Waals surface area contributed by atoms with Gasteiger partial charge in [-0.25, -0.2) is 0 Å². The molecule has 15 aromatic carbocycles. The SMILES string of the molecule is CC1(C)c2ccccc2-c2cccc(C3CCCC3)c21.[CH3-].[CH3-].[CH3-].[CH3-].[CH3-].[CH3-].[Os+2].[Os+2].[Os+2].c1ccc2c(c1)c1ccccc1c1cc(C3CCCC3)ccc21.c1ccc2c(c1)c1ccccc1c1cc(C3CCCC3)ccc21.c1ccc2c(c1)oc1c(C3CCCC3)cccc12.c1ccc2c(c1)sc1c(C3CCCC3)cccc12.c1cnc2c(c1)c1ncccc1c1ncc(C3CCCC3)cc21. The summed E-state index contributed by atoms with van der Waals surface area (Å²) >= 11 is 1.98. The van der Waals surface area contributed by atoms with Gasteiger partial charge in [-0.1, -0.05) is 340 Å². The van der Waals surface area contributed by atoms with Crippen LogP contribution in [0.2, 0.25) is 0 Å². The Morgan fingerprint density at radius 2 is 0.597 bits per heavy atom. The Hall–Kier alpha value is -9.98. The Labute approximate surface area is 841 Å². The van der Waals surface area contributed by atoms with Crippen LogP contribution in [0.3, 0.4) is 0 Å². The van der Waals surface area contributed by atoms with Gasteiger partial charge in [0, 0.05) is 71.1 Å². The average Bonchev–Trinajstić information content (AvgIpc) is 1.20. The first-order chi connectivity index (χ1) is 61.8. The Balaban J connectivity index is 0.000000135. The van der Waals surface area contributed by atoms with Gasteiger partial charge in [0.25, 0.3) is 0 Å². The minimum Gasteiger partial charge on any atom is -0.456 e. The fraction of sp³-hybridized carbons (Fsp3) is 0.262. The van der Waals surface area contributed by atoms with Crippen molar-refractivity contribution in [2.75, 3.05) is 0 Å². The molecule has 7 aliphatic carbocycles. The monoisotopic (exact) mass is 2310 g/mol. The number of furan rings is 1. The number of hydrogen-bond donors (Lipinski definition) is 0. The summed E-state index contributed by atoms with van der Waals surface area (Å²) in [5, 5.41) is 25.4. The first-order valence-corrected chi connectivity index (χ1v) is 48.2. The molecule has 0 unspecified atom stereocenters. The van der Waals surface area contributed by atoms with Crippen molar-refractivity contribution in [2.45, 2.75) is 209 Å². The van der Waals surface area contributed by atoms with E-state index in [0.29, 0.717) is 11.8 Å². The number of fused-ring (bicyclic) bond motifs is 27. The average molecular weight is 2300 g/mol. The standard InChI is InChI=1S/2C23H20.C20H17N3.C20H22.C17H16O.C17H16S.6CH3.3Os/c2*1-2-8-16(7-1)17-13-14-22-20-11-4-3-9-18(20)19-10-5-6-12-21(19)23(22)15-17;1-2-6-13(5-1)14-11-17-19-15(7-3-10-22-19)18-16(8-4-9-21-18)20(17)23-12-14;1-20(2)18-13-6-5-10-16(18)17-12-7-11-15(19(17)20)14-8-3-4-9-14;2*1-2-7-12(6-1)13-9-5-10-15-14-8-3-4-11-16(14)18-17(13)15;;;;;;;;;/h2*3-6,9-16H,1-2,7-8H2;3-4,7-13H,1-2,5-6H2;5-7,10-14H,3-4,8-9H2,1-2H3;2*3-5,8-12H,1-2,6-7H2;6*1H3;;;/q;;;;;;6*-1;3*+2. The molecule has 0 spiro atoms. The Bertz CT molecular complexity index is 6800. The van der Waals surface area contributed by atoms with Crippen molar-refractivity contribution in [2.24, 2.45) is 0 Å². The zero-order valence-electron chi connectivity index (χ0n) is 79.6. The van der Waals surface area contributed by atoms with Crippen LogP contribution in [0.1, 0.15) is 248 Å². The first kappa shape index (κ1) is 101. The molecule has 0 amide bonds. The van der Waals surface area contributed by atoms with Crippen LogP contribution < -0.4 is 0 Å². The molecule has 20 aromatic rings. The second-order valence-corrected chi connectivity index (χ2v) is 38.8. The van der Waals surface area contributed by atoms with E-state index in [9.17, 15) is 0 Å². The maximum atomic E-state index is 6.10. The quantitative estimate of drug-likeness (QED) is 0.123. The topological polar surface area (TPSA) is 51.8 Å². The molecule has 0 N–H and O–H groups in total. The Morgan fingerprint density at radius 3 is 1.10 bits per heavy atom. The molecule has 0 atom stereocenters. The fourth-order valence-corrected chi connectivity index (χ4v) is 25.3.